The summed E-state index contributed by atoms with van der Waals surface area (Å²) in [5.41, 5.74) is 0.777. The zero-order valence-electron chi connectivity index (χ0n) is 13.6. The van der Waals surface area contributed by atoms with Crippen molar-refractivity contribution < 1.29 is 19.6 Å². The van der Waals surface area contributed by atoms with E-state index in [4.69, 9.17) is 21.1 Å². The van der Waals surface area contributed by atoms with Gasteiger partial charge in [0.15, 0.2) is 11.5 Å². The Hall–Kier alpha value is -3.53. The van der Waals surface area contributed by atoms with Crippen LogP contribution in [0.2, 0.25) is 5.02 Å². The fourth-order valence-corrected chi connectivity index (χ4v) is 2.77. The number of halogens is 1. The second-order valence-corrected chi connectivity index (χ2v) is 6.00. The average Bonchev–Trinajstić information content (AvgIpc) is 3.24. The molecule has 0 saturated carbocycles. The van der Waals surface area contributed by atoms with Crippen molar-refractivity contribution in [1.82, 2.24) is 14.7 Å². The van der Waals surface area contributed by atoms with Gasteiger partial charge in [-0.15, -0.1) is 0 Å². The highest BCUT2D eigenvalue weighted by atomic mass is 35.5. The molecule has 0 unspecified atom stereocenters. The van der Waals surface area contributed by atoms with E-state index < -0.39 is 10.7 Å². The van der Waals surface area contributed by atoms with E-state index in [0.29, 0.717) is 27.1 Å². The summed E-state index contributed by atoms with van der Waals surface area (Å²) in [6.45, 7) is 0.212. The first-order chi connectivity index (χ1) is 13.0. The summed E-state index contributed by atoms with van der Waals surface area (Å²) in [6.07, 6.45) is 0. The molecule has 1 aliphatic heterocycles. The first-order valence-electron chi connectivity index (χ1n) is 7.74. The summed E-state index contributed by atoms with van der Waals surface area (Å²) in [5.74, 6) is 0.609. The normalized spacial score (nSPS) is 13.1. The standard InChI is InChI=1S/C16H12ClN5O5/c17-11-2-1-3-12(7-11)20-19-16(22(24)25)15(21(20)23)18-8-10-4-5-13-14(6-10)27-9-26-13/h1-7,23H,8-9H2. The van der Waals surface area contributed by atoms with Gasteiger partial charge in [-0.1, -0.05) is 28.6 Å². The molecule has 0 atom stereocenters. The van der Waals surface area contributed by atoms with E-state index in [1.54, 1.807) is 36.4 Å². The third kappa shape index (κ3) is 3.17. The van der Waals surface area contributed by atoms with Crippen molar-refractivity contribution in [2.24, 2.45) is 4.99 Å². The topological polar surface area (TPSA) is 117 Å². The molecule has 1 N–H and O–H groups in total. The highest BCUT2D eigenvalue weighted by Gasteiger charge is 2.24. The maximum atomic E-state index is 11.3. The molecule has 10 nitrogen and oxygen atoms in total. The molecular weight excluding hydrogens is 378 g/mol. The van der Waals surface area contributed by atoms with E-state index in [1.165, 1.54) is 6.07 Å². The summed E-state index contributed by atoms with van der Waals surface area (Å²) in [7, 11) is 0. The van der Waals surface area contributed by atoms with Gasteiger partial charge in [-0.2, -0.15) is 0 Å². The third-order valence-electron chi connectivity index (χ3n) is 3.82. The zero-order valence-corrected chi connectivity index (χ0v) is 14.4. The van der Waals surface area contributed by atoms with Crippen LogP contribution in [0, 0.1) is 10.1 Å². The molecule has 0 spiro atoms. The summed E-state index contributed by atoms with van der Waals surface area (Å²) >= 11 is 5.93. The predicted molar refractivity (Wildman–Crippen MR) is 92.2 cm³/mol. The molecule has 0 radical (unpaired) electrons. The number of ether oxygens (including phenoxy) is 2. The second-order valence-electron chi connectivity index (χ2n) is 5.57. The van der Waals surface area contributed by atoms with Crippen LogP contribution in [0.1, 0.15) is 5.56 Å². The smallest absolute Gasteiger partial charge is 0.438 e. The van der Waals surface area contributed by atoms with Crippen molar-refractivity contribution in [1.29, 1.82) is 0 Å². The van der Waals surface area contributed by atoms with Crippen LogP contribution in [0.25, 0.3) is 5.69 Å². The van der Waals surface area contributed by atoms with Crippen molar-refractivity contribution in [2.75, 3.05) is 6.79 Å². The van der Waals surface area contributed by atoms with Gasteiger partial charge in [0.25, 0.3) is 5.49 Å². The quantitative estimate of drug-likeness (QED) is 0.415. The van der Waals surface area contributed by atoms with Crippen molar-refractivity contribution >= 4 is 17.4 Å². The van der Waals surface area contributed by atoms with Gasteiger partial charge >= 0.3 is 5.82 Å². The molecule has 0 aliphatic carbocycles. The Balaban J connectivity index is 1.75. The number of benzene rings is 2. The molecule has 0 fully saturated rings. The van der Waals surface area contributed by atoms with Crippen LogP contribution in [0.5, 0.6) is 11.5 Å². The molecule has 138 valence electrons. The van der Waals surface area contributed by atoms with E-state index in [9.17, 15) is 15.3 Å². The van der Waals surface area contributed by atoms with Crippen molar-refractivity contribution in [3.05, 3.63) is 68.7 Å². The molecule has 4 rings (SSSR count). The highest BCUT2D eigenvalue weighted by Crippen LogP contribution is 2.32. The molecule has 1 aliphatic rings. The minimum atomic E-state index is -0.716. The summed E-state index contributed by atoms with van der Waals surface area (Å²) < 4.78 is 10.5. The van der Waals surface area contributed by atoms with E-state index in [1.807, 2.05) is 0 Å². The van der Waals surface area contributed by atoms with Gasteiger partial charge in [0.2, 0.25) is 6.79 Å². The van der Waals surface area contributed by atoms with Gasteiger partial charge < -0.3 is 24.8 Å². The number of rotatable bonds is 4. The number of nitro groups is 1. The molecule has 0 amide bonds. The molecule has 2 heterocycles. The third-order valence-corrected chi connectivity index (χ3v) is 4.05. The average molecular weight is 390 g/mol. The minimum Gasteiger partial charge on any atom is -0.454 e. The lowest BCUT2D eigenvalue weighted by atomic mass is 10.2. The maximum Gasteiger partial charge on any atom is 0.438 e. The molecule has 11 heteroatoms. The van der Waals surface area contributed by atoms with Gasteiger partial charge in [-0.3, -0.25) is 4.99 Å². The summed E-state index contributed by atoms with van der Waals surface area (Å²) in [4.78, 5) is 16.2. The largest absolute Gasteiger partial charge is 0.454 e. The lowest BCUT2D eigenvalue weighted by Crippen LogP contribution is -2.22. The number of hydrogen-bond donors (Lipinski definition) is 1. The van der Waals surface area contributed by atoms with Crippen LogP contribution in [0.3, 0.4) is 0 Å². The van der Waals surface area contributed by atoms with Crippen molar-refractivity contribution in [2.45, 2.75) is 6.54 Å². The molecule has 0 saturated heterocycles. The van der Waals surface area contributed by atoms with E-state index in [2.05, 4.69) is 10.1 Å². The van der Waals surface area contributed by atoms with Gasteiger partial charge in [0.05, 0.1) is 11.6 Å². The Morgan fingerprint density at radius 3 is 2.85 bits per heavy atom. The Morgan fingerprint density at radius 2 is 2.07 bits per heavy atom. The number of aromatic nitrogens is 3. The summed E-state index contributed by atoms with van der Waals surface area (Å²) in [5, 5.41) is 25.9. The van der Waals surface area contributed by atoms with Crippen LogP contribution in [-0.4, -0.2) is 31.7 Å². The van der Waals surface area contributed by atoms with Crippen LogP contribution >= 0.6 is 11.6 Å². The highest BCUT2D eigenvalue weighted by molar-refractivity contribution is 6.30. The van der Waals surface area contributed by atoms with Crippen LogP contribution in [0.15, 0.2) is 47.5 Å². The maximum absolute atomic E-state index is 11.3. The van der Waals surface area contributed by atoms with E-state index in [0.717, 1.165) is 10.4 Å². The second kappa shape index (κ2) is 6.65. The molecular formula is C16H12ClN5O5. The Labute approximate surface area is 156 Å². The fraction of sp³-hybridized carbons (Fsp3) is 0.125. The molecule has 1 aromatic heterocycles. The first kappa shape index (κ1) is 16.9. The fourth-order valence-electron chi connectivity index (χ4n) is 2.58. The molecule has 3 aromatic rings. The lowest BCUT2D eigenvalue weighted by Gasteiger charge is -2.01. The Morgan fingerprint density at radius 1 is 1.26 bits per heavy atom. The minimum absolute atomic E-state index is 0.0687. The van der Waals surface area contributed by atoms with Gasteiger partial charge in [-0.05, 0) is 45.6 Å². The number of nitrogens with zero attached hydrogens (tertiary/aromatic N) is 5. The number of hydrogen-bond acceptors (Lipinski definition) is 7. The van der Waals surface area contributed by atoms with E-state index in [-0.39, 0.29) is 18.8 Å². The SMILES string of the molecule is O=[N+]([O-])c1nn(-c2cccc(Cl)c2)n(O)c1=NCc1ccc2c(c1)OCO2. The zero-order chi connectivity index (χ0) is 19.0. The van der Waals surface area contributed by atoms with Crippen LogP contribution < -0.4 is 15.0 Å². The molecule has 27 heavy (non-hydrogen) atoms. The Bertz CT molecular complexity index is 1110. The van der Waals surface area contributed by atoms with Gasteiger partial charge in [-0.25, -0.2) is 0 Å². The summed E-state index contributed by atoms with van der Waals surface area (Å²) in [6, 6.07) is 11.6. The van der Waals surface area contributed by atoms with Crippen molar-refractivity contribution in [3.8, 4) is 17.2 Å². The van der Waals surface area contributed by atoms with Crippen LogP contribution in [0.4, 0.5) is 5.82 Å². The molecule has 0 bridgehead atoms. The van der Waals surface area contributed by atoms with Crippen LogP contribution in [-0.2, 0) is 6.54 Å². The number of fused-ring (bicyclic) bond motifs is 1. The van der Waals surface area contributed by atoms with Gasteiger partial charge in [0.1, 0.15) is 5.69 Å². The lowest BCUT2D eigenvalue weighted by molar-refractivity contribution is -0.391. The Kier molecular flexibility index (Phi) is 4.16. The first-order valence-corrected chi connectivity index (χ1v) is 8.11. The predicted octanol–water partition coefficient (Wildman–Crippen LogP) is 2.30. The molecule has 2 aromatic carbocycles. The van der Waals surface area contributed by atoms with Crippen molar-refractivity contribution in [3.63, 3.8) is 0 Å². The van der Waals surface area contributed by atoms with Gasteiger partial charge in [0, 0.05) is 5.02 Å². The monoisotopic (exact) mass is 389 g/mol. The van der Waals surface area contributed by atoms with E-state index >= 15 is 0 Å².